The summed E-state index contributed by atoms with van der Waals surface area (Å²) >= 11 is 2.17. The molecule has 1 saturated heterocycles. The quantitative estimate of drug-likeness (QED) is 0.785. The fourth-order valence-corrected chi connectivity index (χ4v) is 3.88. The summed E-state index contributed by atoms with van der Waals surface area (Å²) in [5.41, 5.74) is 1.38. The van der Waals surface area contributed by atoms with Crippen molar-refractivity contribution in [3.05, 3.63) is 30.3 Å². The predicted molar refractivity (Wildman–Crippen MR) is 91.9 cm³/mol. The summed E-state index contributed by atoms with van der Waals surface area (Å²) in [6, 6.07) is 10.9. The Morgan fingerprint density at radius 2 is 1.90 bits per heavy atom. The Hall–Kier alpha value is -0.670. The predicted octanol–water partition coefficient (Wildman–Crippen LogP) is 3.78. The van der Waals surface area contributed by atoms with Crippen molar-refractivity contribution in [3.63, 3.8) is 0 Å². The smallest absolute Gasteiger partial charge is 0.0366 e. The zero-order valence-corrected chi connectivity index (χ0v) is 13.5. The van der Waals surface area contributed by atoms with E-state index < -0.39 is 0 Å². The first-order valence-corrected chi connectivity index (χ1v) is 9.07. The van der Waals surface area contributed by atoms with Crippen LogP contribution in [0.5, 0.6) is 0 Å². The van der Waals surface area contributed by atoms with Gasteiger partial charge in [0.15, 0.2) is 0 Å². The molecule has 0 unspecified atom stereocenters. The Morgan fingerprint density at radius 3 is 2.60 bits per heavy atom. The number of benzene rings is 1. The number of nitrogens with zero attached hydrogens (tertiary/aromatic N) is 1. The maximum atomic E-state index is 3.44. The molecule has 0 atom stereocenters. The van der Waals surface area contributed by atoms with Gasteiger partial charge in [0.1, 0.15) is 0 Å². The molecule has 2 nitrogen and oxygen atoms in total. The number of hydrogen-bond donors (Lipinski definition) is 1. The second-order valence-electron chi connectivity index (χ2n) is 5.50. The maximum Gasteiger partial charge on any atom is 0.0366 e. The van der Waals surface area contributed by atoms with Crippen molar-refractivity contribution in [2.24, 2.45) is 0 Å². The summed E-state index contributed by atoms with van der Waals surface area (Å²) in [6.07, 6.45) is 5.23. The molecule has 1 aliphatic heterocycles. The standard InChI is InChI=1S/C17H28N2S/c1-2-3-13-19(16-7-5-4-6-8-16)14-15-20-17-9-11-18-12-10-17/h4-8,17-18H,2-3,9-15H2,1H3. The van der Waals surface area contributed by atoms with Crippen LogP contribution >= 0.6 is 11.8 Å². The van der Waals surface area contributed by atoms with Crippen molar-refractivity contribution >= 4 is 17.4 Å². The number of anilines is 1. The van der Waals surface area contributed by atoms with Crippen LogP contribution in [0.1, 0.15) is 32.6 Å². The van der Waals surface area contributed by atoms with Gasteiger partial charge in [-0.2, -0.15) is 11.8 Å². The van der Waals surface area contributed by atoms with Gasteiger partial charge in [-0.25, -0.2) is 0 Å². The third-order valence-electron chi connectivity index (χ3n) is 3.90. The third kappa shape index (κ3) is 5.37. The average molecular weight is 292 g/mol. The fourth-order valence-electron chi connectivity index (χ4n) is 2.65. The summed E-state index contributed by atoms with van der Waals surface area (Å²) in [5.74, 6) is 1.25. The summed E-state index contributed by atoms with van der Waals surface area (Å²) in [4.78, 5) is 2.55. The lowest BCUT2D eigenvalue weighted by Gasteiger charge is -2.27. The first kappa shape index (κ1) is 15.7. The van der Waals surface area contributed by atoms with E-state index in [-0.39, 0.29) is 0 Å². The monoisotopic (exact) mass is 292 g/mol. The van der Waals surface area contributed by atoms with Gasteiger partial charge in [0, 0.05) is 29.8 Å². The molecule has 1 aromatic carbocycles. The SMILES string of the molecule is CCCCN(CCSC1CCNCC1)c1ccccc1. The second kappa shape index (κ2) is 9.30. The molecular weight excluding hydrogens is 264 g/mol. The van der Waals surface area contributed by atoms with Crippen LogP contribution in [-0.4, -0.2) is 37.2 Å². The Balaban J connectivity index is 1.78. The lowest BCUT2D eigenvalue weighted by molar-refractivity contribution is 0.531. The number of thioether (sulfide) groups is 1. The zero-order valence-electron chi connectivity index (χ0n) is 12.7. The number of piperidine rings is 1. The molecule has 0 aromatic heterocycles. The first-order chi connectivity index (χ1) is 9.90. The molecule has 1 fully saturated rings. The molecule has 112 valence electrons. The minimum atomic E-state index is 0.875. The second-order valence-corrected chi connectivity index (χ2v) is 6.90. The first-order valence-electron chi connectivity index (χ1n) is 8.02. The van der Waals surface area contributed by atoms with Crippen molar-refractivity contribution in [2.75, 3.05) is 36.8 Å². The summed E-state index contributed by atoms with van der Waals surface area (Å²) in [6.45, 7) is 7.05. The molecule has 1 aromatic rings. The maximum absolute atomic E-state index is 3.44. The summed E-state index contributed by atoms with van der Waals surface area (Å²) < 4.78 is 0. The highest BCUT2D eigenvalue weighted by molar-refractivity contribution is 7.99. The molecule has 0 radical (unpaired) electrons. The van der Waals surface area contributed by atoms with Crippen LogP contribution in [0.2, 0.25) is 0 Å². The number of para-hydroxylation sites is 1. The average Bonchev–Trinajstić information content (AvgIpc) is 2.52. The molecule has 0 spiro atoms. The Morgan fingerprint density at radius 1 is 1.15 bits per heavy atom. The fraction of sp³-hybridized carbons (Fsp3) is 0.647. The Labute approximate surface area is 128 Å². The Bertz CT molecular complexity index is 349. The van der Waals surface area contributed by atoms with E-state index in [1.54, 1.807) is 0 Å². The molecular formula is C17H28N2S. The van der Waals surface area contributed by atoms with Gasteiger partial charge in [-0.3, -0.25) is 0 Å². The molecule has 3 heteroatoms. The zero-order chi connectivity index (χ0) is 14.0. The molecule has 0 amide bonds. The summed E-state index contributed by atoms with van der Waals surface area (Å²) in [7, 11) is 0. The van der Waals surface area contributed by atoms with Crippen LogP contribution in [0.25, 0.3) is 0 Å². The van der Waals surface area contributed by atoms with Gasteiger partial charge >= 0.3 is 0 Å². The molecule has 2 rings (SSSR count). The van der Waals surface area contributed by atoms with Crippen molar-refractivity contribution in [1.82, 2.24) is 5.32 Å². The molecule has 0 aliphatic carbocycles. The minimum absolute atomic E-state index is 0.875. The molecule has 20 heavy (non-hydrogen) atoms. The third-order valence-corrected chi connectivity index (χ3v) is 5.26. The van der Waals surface area contributed by atoms with Crippen molar-refractivity contribution in [2.45, 2.75) is 37.9 Å². The van der Waals surface area contributed by atoms with Gasteiger partial charge in [0.25, 0.3) is 0 Å². The van der Waals surface area contributed by atoms with Gasteiger partial charge in [-0.1, -0.05) is 31.5 Å². The normalized spacial score (nSPS) is 16.2. The van der Waals surface area contributed by atoms with E-state index in [4.69, 9.17) is 0 Å². The minimum Gasteiger partial charge on any atom is -0.371 e. The van der Waals surface area contributed by atoms with E-state index in [2.05, 4.69) is 59.2 Å². The van der Waals surface area contributed by atoms with E-state index in [0.717, 1.165) is 5.25 Å². The highest BCUT2D eigenvalue weighted by atomic mass is 32.2. The van der Waals surface area contributed by atoms with Crippen molar-refractivity contribution in [1.29, 1.82) is 0 Å². The lowest BCUT2D eigenvalue weighted by atomic mass is 10.2. The number of unbranched alkanes of at least 4 members (excludes halogenated alkanes) is 1. The number of nitrogens with one attached hydrogen (secondary N) is 1. The molecule has 0 saturated carbocycles. The molecule has 1 heterocycles. The van der Waals surface area contributed by atoms with E-state index in [1.165, 1.54) is 63.3 Å². The van der Waals surface area contributed by atoms with Crippen molar-refractivity contribution in [3.8, 4) is 0 Å². The lowest BCUT2D eigenvalue weighted by Crippen LogP contribution is -2.31. The van der Waals surface area contributed by atoms with E-state index in [9.17, 15) is 0 Å². The highest BCUT2D eigenvalue weighted by Gasteiger charge is 2.13. The van der Waals surface area contributed by atoms with Gasteiger partial charge in [0.05, 0.1) is 0 Å². The summed E-state index contributed by atoms with van der Waals surface area (Å²) in [5, 5.41) is 4.32. The van der Waals surface area contributed by atoms with Crippen LogP contribution in [0.3, 0.4) is 0 Å². The molecule has 1 aliphatic rings. The van der Waals surface area contributed by atoms with Crippen LogP contribution in [0, 0.1) is 0 Å². The van der Waals surface area contributed by atoms with E-state index in [1.807, 2.05) is 0 Å². The number of rotatable bonds is 8. The van der Waals surface area contributed by atoms with E-state index in [0.29, 0.717) is 0 Å². The van der Waals surface area contributed by atoms with E-state index >= 15 is 0 Å². The van der Waals surface area contributed by atoms with Crippen LogP contribution in [0.4, 0.5) is 5.69 Å². The van der Waals surface area contributed by atoms with Gasteiger partial charge in [-0.05, 0) is 44.5 Å². The molecule has 0 bridgehead atoms. The number of hydrogen-bond acceptors (Lipinski definition) is 3. The van der Waals surface area contributed by atoms with Gasteiger partial charge < -0.3 is 10.2 Å². The Kier molecular flexibility index (Phi) is 7.31. The van der Waals surface area contributed by atoms with Gasteiger partial charge in [0.2, 0.25) is 0 Å². The largest absolute Gasteiger partial charge is 0.371 e. The van der Waals surface area contributed by atoms with Crippen LogP contribution in [-0.2, 0) is 0 Å². The van der Waals surface area contributed by atoms with Crippen molar-refractivity contribution < 1.29 is 0 Å². The molecule has 1 N–H and O–H groups in total. The highest BCUT2D eigenvalue weighted by Crippen LogP contribution is 2.21. The van der Waals surface area contributed by atoms with Crippen LogP contribution in [0.15, 0.2) is 30.3 Å². The van der Waals surface area contributed by atoms with Crippen LogP contribution < -0.4 is 10.2 Å². The van der Waals surface area contributed by atoms with Gasteiger partial charge in [-0.15, -0.1) is 0 Å². The topological polar surface area (TPSA) is 15.3 Å².